The lowest BCUT2D eigenvalue weighted by Gasteiger charge is -2.24. The molecule has 1 aliphatic rings. The quantitative estimate of drug-likeness (QED) is 0.925. The first-order chi connectivity index (χ1) is 10.6. The molecule has 0 aliphatic carbocycles. The average Bonchev–Trinajstić information content (AvgIpc) is 3.16. The molecular weight excluding hydrogens is 299 g/mol. The van der Waals surface area contributed by atoms with Crippen molar-refractivity contribution in [1.29, 1.82) is 0 Å². The van der Waals surface area contributed by atoms with Crippen LogP contribution in [-0.2, 0) is 4.79 Å². The van der Waals surface area contributed by atoms with E-state index in [0.29, 0.717) is 5.69 Å². The van der Waals surface area contributed by atoms with Gasteiger partial charge in [-0.1, -0.05) is 12.1 Å². The van der Waals surface area contributed by atoms with Crippen LogP contribution >= 0.6 is 11.3 Å². The van der Waals surface area contributed by atoms with Gasteiger partial charge in [-0.05, 0) is 48.9 Å². The molecule has 2 heterocycles. The van der Waals surface area contributed by atoms with E-state index in [9.17, 15) is 9.18 Å². The minimum atomic E-state index is -0.316. The highest BCUT2D eigenvalue weighted by Gasteiger charge is 2.30. The molecule has 0 radical (unpaired) electrons. The Morgan fingerprint density at radius 3 is 3.05 bits per heavy atom. The van der Waals surface area contributed by atoms with Crippen molar-refractivity contribution in [2.45, 2.75) is 25.8 Å². The van der Waals surface area contributed by atoms with E-state index >= 15 is 0 Å². The SMILES string of the molecule is Cc1ccc(NCC(=O)N2CCCC2c2cccs2)c(F)c1. The van der Waals surface area contributed by atoms with Crippen LogP contribution in [0, 0.1) is 12.7 Å². The third-order valence-corrected chi connectivity index (χ3v) is 4.97. The zero-order valence-electron chi connectivity index (χ0n) is 12.5. The number of hydrogen-bond donors (Lipinski definition) is 1. The summed E-state index contributed by atoms with van der Waals surface area (Å²) >= 11 is 1.69. The van der Waals surface area contributed by atoms with Crippen LogP contribution in [0.2, 0.25) is 0 Å². The molecule has 22 heavy (non-hydrogen) atoms. The number of nitrogens with one attached hydrogen (secondary N) is 1. The first-order valence-corrected chi connectivity index (χ1v) is 8.36. The van der Waals surface area contributed by atoms with E-state index in [1.807, 2.05) is 29.3 Å². The molecule has 0 spiro atoms. The zero-order valence-corrected chi connectivity index (χ0v) is 13.3. The fraction of sp³-hybridized carbons (Fsp3) is 0.353. The van der Waals surface area contributed by atoms with E-state index in [2.05, 4.69) is 11.4 Å². The number of aryl methyl sites for hydroxylation is 1. The van der Waals surface area contributed by atoms with Crippen molar-refractivity contribution in [2.24, 2.45) is 0 Å². The number of likely N-dealkylation sites (tertiary alicyclic amines) is 1. The maximum absolute atomic E-state index is 13.8. The molecule has 3 rings (SSSR count). The fourth-order valence-electron chi connectivity index (χ4n) is 2.88. The lowest BCUT2D eigenvalue weighted by Crippen LogP contribution is -2.35. The Balaban J connectivity index is 1.64. The number of amides is 1. The normalized spacial score (nSPS) is 17.7. The van der Waals surface area contributed by atoms with Crippen molar-refractivity contribution >= 4 is 22.9 Å². The van der Waals surface area contributed by atoms with Crippen LogP contribution in [0.3, 0.4) is 0 Å². The third-order valence-electron chi connectivity index (χ3n) is 4.00. The molecule has 1 aromatic heterocycles. The topological polar surface area (TPSA) is 32.3 Å². The van der Waals surface area contributed by atoms with Gasteiger partial charge in [0.25, 0.3) is 0 Å². The van der Waals surface area contributed by atoms with Gasteiger partial charge in [0, 0.05) is 11.4 Å². The molecule has 1 fully saturated rings. The Hall–Kier alpha value is -1.88. The van der Waals surface area contributed by atoms with Crippen molar-refractivity contribution in [1.82, 2.24) is 4.90 Å². The van der Waals surface area contributed by atoms with Gasteiger partial charge in [-0.3, -0.25) is 4.79 Å². The second kappa shape index (κ2) is 6.48. The summed E-state index contributed by atoms with van der Waals surface area (Å²) in [7, 11) is 0. The number of carbonyl (C=O) groups excluding carboxylic acids is 1. The van der Waals surface area contributed by atoms with Gasteiger partial charge in [0.15, 0.2) is 0 Å². The summed E-state index contributed by atoms with van der Waals surface area (Å²) in [4.78, 5) is 15.6. The standard InChI is InChI=1S/C17H19FN2OS/c1-12-6-7-14(13(18)10-12)19-11-17(21)20-8-2-4-15(20)16-5-3-9-22-16/h3,5-7,9-10,15,19H,2,4,8,11H2,1H3. The number of anilines is 1. The zero-order chi connectivity index (χ0) is 15.5. The lowest BCUT2D eigenvalue weighted by molar-refractivity contribution is -0.130. The van der Waals surface area contributed by atoms with Crippen molar-refractivity contribution in [3.05, 3.63) is 52.0 Å². The Labute approximate surface area is 133 Å². The summed E-state index contributed by atoms with van der Waals surface area (Å²) in [5, 5.41) is 4.96. The van der Waals surface area contributed by atoms with Crippen molar-refractivity contribution in [3.8, 4) is 0 Å². The van der Waals surface area contributed by atoms with Crippen LogP contribution in [0.25, 0.3) is 0 Å². The van der Waals surface area contributed by atoms with E-state index in [0.717, 1.165) is 24.9 Å². The van der Waals surface area contributed by atoms with Gasteiger partial charge >= 0.3 is 0 Å². The molecule has 1 unspecified atom stereocenters. The summed E-state index contributed by atoms with van der Waals surface area (Å²) in [5.74, 6) is -0.292. The smallest absolute Gasteiger partial charge is 0.242 e. The summed E-state index contributed by atoms with van der Waals surface area (Å²) in [6.45, 7) is 2.75. The first kappa shape index (κ1) is 15.0. The Bertz CT molecular complexity index is 657. The summed E-state index contributed by atoms with van der Waals surface area (Å²) in [5.41, 5.74) is 1.25. The third kappa shape index (κ3) is 3.14. The number of halogens is 1. The molecule has 116 valence electrons. The number of nitrogens with zero attached hydrogens (tertiary/aromatic N) is 1. The van der Waals surface area contributed by atoms with E-state index in [-0.39, 0.29) is 24.3 Å². The second-order valence-electron chi connectivity index (χ2n) is 5.60. The summed E-state index contributed by atoms with van der Waals surface area (Å²) < 4.78 is 13.8. The molecule has 3 nitrogen and oxygen atoms in total. The van der Waals surface area contributed by atoms with Gasteiger partial charge in [0.05, 0.1) is 18.3 Å². The Kier molecular flexibility index (Phi) is 4.43. The van der Waals surface area contributed by atoms with Crippen LogP contribution in [0.15, 0.2) is 35.7 Å². The highest BCUT2D eigenvalue weighted by molar-refractivity contribution is 7.10. The second-order valence-corrected chi connectivity index (χ2v) is 6.58. The monoisotopic (exact) mass is 318 g/mol. The number of rotatable bonds is 4. The molecule has 2 aromatic rings. The molecule has 5 heteroatoms. The van der Waals surface area contributed by atoms with Gasteiger partial charge in [-0.25, -0.2) is 4.39 Å². The maximum atomic E-state index is 13.8. The van der Waals surface area contributed by atoms with E-state index < -0.39 is 0 Å². The molecule has 1 N–H and O–H groups in total. The van der Waals surface area contributed by atoms with Gasteiger partial charge in [-0.2, -0.15) is 0 Å². The van der Waals surface area contributed by atoms with E-state index in [1.165, 1.54) is 10.9 Å². The van der Waals surface area contributed by atoms with Gasteiger partial charge in [0.1, 0.15) is 5.82 Å². The van der Waals surface area contributed by atoms with Crippen molar-refractivity contribution < 1.29 is 9.18 Å². The average molecular weight is 318 g/mol. The highest BCUT2D eigenvalue weighted by Crippen LogP contribution is 2.34. The summed E-state index contributed by atoms with van der Waals surface area (Å²) in [6, 6.07) is 9.25. The predicted molar refractivity (Wildman–Crippen MR) is 87.6 cm³/mol. The van der Waals surface area contributed by atoms with Crippen molar-refractivity contribution in [2.75, 3.05) is 18.4 Å². The lowest BCUT2D eigenvalue weighted by atomic mass is 10.2. The van der Waals surface area contributed by atoms with Crippen LogP contribution < -0.4 is 5.32 Å². The van der Waals surface area contributed by atoms with Crippen LogP contribution in [0.4, 0.5) is 10.1 Å². The van der Waals surface area contributed by atoms with Crippen LogP contribution in [-0.4, -0.2) is 23.9 Å². The molecule has 0 bridgehead atoms. The number of thiophene rings is 1. The van der Waals surface area contributed by atoms with Gasteiger partial charge in [-0.15, -0.1) is 11.3 Å². The largest absolute Gasteiger partial charge is 0.374 e. The molecule has 1 amide bonds. The molecule has 1 atom stereocenters. The maximum Gasteiger partial charge on any atom is 0.242 e. The van der Waals surface area contributed by atoms with Crippen molar-refractivity contribution in [3.63, 3.8) is 0 Å². The minimum absolute atomic E-state index is 0.0240. The number of benzene rings is 1. The van der Waals surface area contributed by atoms with Gasteiger partial charge < -0.3 is 10.2 Å². The van der Waals surface area contributed by atoms with E-state index in [1.54, 1.807) is 17.4 Å². The molecule has 1 aromatic carbocycles. The molecular formula is C17H19FN2OS. The van der Waals surface area contributed by atoms with Gasteiger partial charge in [0.2, 0.25) is 5.91 Å². The summed E-state index contributed by atoms with van der Waals surface area (Å²) in [6.07, 6.45) is 2.03. The highest BCUT2D eigenvalue weighted by atomic mass is 32.1. The molecule has 1 aliphatic heterocycles. The number of carbonyl (C=O) groups is 1. The first-order valence-electron chi connectivity index (χ1n) is 7.48. The number of hydrogen-bond acceptors (Lipinski definition) is 3. The fourth-order valence-corrected chi connectivity index (χ4v) is 3.75. The predicted octanol–water partition coefficient (Wildman–Crippen LogP) is 3.97. The van der Waals surface area contributed by atoms with E-state index in [4.69, 9.17) is 0 Å². The molecule has 0 saturated carbocycles. The Morgan fingerprint density at radius 1 is 1.45 bits per heavy atom. The van der Waals surface area contributed by atoms with Crippen LogP contribution in [0.5, 0.6) is 0 Å². The molecule has 1 saturated heterocycles. The van der Waals surface area contributed by atoms with Crippen LogP contribution in [0.1, 0.15) is 29.3 Å². The Morgan fingerprint density at radius 2 is 2.32 bits per heavy atom. The minimum Gasteiger partial charge on any atom is -0.374 e.